The minimum Gasteiger partial charge on any atom is -0.475 e. The van der Waals surface area contributed by atoms with Gasteiger partial charge in [-0.2, -0.15) is 26.3 Å². The molecule has 0 atom stereocenters. The number of hydrogen-bond acceptors (Lipinski definition) is 3. The predicted octanol–water partition coefficient (Wildman–Crippen LogP) is 2.53. The van der Waals surface area contributed by atoms with E-state index < -0.39 is 24.3 Å². The van der Waals surface area contributed by atoms with Crippen LogP contribution in [0.4, 0.5) is 26.3 Å². The van der Waals surface area contributed by atoms with Gasteiger partial charge in [-0.3, -0.25) is 0 Å². The molecule has 0 aromatic heterocycles. The largest absolute Gasteiger partial charge is 0.490 e. The third-order valence-electron chi connectivity index (χ3n) is 1.21. The van der Waals surface area contributed by atoms with E-state index in [1.807, 2.05) is 0 Å². The Labute approximate surface area is 97.5 Å². The molecule has 0 aliphatic carbocycles. The van der Waals surface area contributed by atoms with E-state index in [-0.39, 0.29) is 6.61 Å². The number of carboxylic acids is 1. The minimum absolute atomic E-state index is 0.158. The third-order valence-corrected chi connectivity index (χ3v) is 1.21. The average molecular weight is 284 g/mol. The molecule has 0 aromatic rings. The van der Waals surface area contributed by atoms with Crippen LogP contribution in [0.15, 0.2) is 0 Å². The zero-order valence-corrected chi connectivity index (χ0v) is 9.06. The molecule has 0 radical (unpaired) electrons. The van der Waals surface area contributed by atoms with Crippen LogP contribution in [0.3, 0.4) is 0 Å². The average Bonchev–Trinajstić information content (AvgIpc) is 2.15. The summed E-state index contributed by atoms with van der Waals surface area (Å²) < 4.78 is 69.8. The van der Waals surface area contributed by atoms with Gasteiger partial charge in [-0.15, -0.1) is 0 Å². The van der Waals surface area contributed by atoms with Gasteiger partial charge in [-0.1, -0.05) is 13.3 Å². The number of hydrogen-bond donors (Lipinski definition) is 1. The van der Waals surface area contributed by atoms with E-state index in [2.05, 4.69) is 4.74 Å². The molecule has 0 aliphatic heterocycles. The monoisotopic (exact) mass is 284 g/mol. The predicted molar refractivity (Wildman–Crippen MR) is 45.6 cm³/mol. The zero-order valence-electron chi connectivity index (χ0n) is 9.06. The van der Waals surface area contributed by atoms with Crippen molar-refractivity contribution in [3.05, 3.63) is 0 Å². The Balaban J connectivity index is 0. The summed E-state index contributed by atoms with van der Waals surface area (Å²) >= 11 is 0. The fourth-order valence-corrected chi connectivity index (χ4v) is 0.391. The van der Waals surface area contributed by atoms with Crippen LogP contribution < -0.4 is 0 Å². The molecule has 1 N–H and O–H groups in total. The Hall–Kier alpha value is -1.48. The van der Waals surface area contributed by atoms with Crippen LogP contribution >= 0.6 is 0 Å². The second-order valence-corrected chi connectivity index (χ2v) is 2.79. The molecule has 0 aliphatic rings. The van der Waals surface area contributed by atoms with Crippen LogP contribution in [0.25, 0.3) is 0 Å². The van der Waals surface area contributed by atoms with Crippen LogP contribution in [0, 0.1) is 0 Å². The molecule has 0 unspecified atom stereocenters. The summed E-state index contributed by atoms with van der Waals surface area (Å²) in [5.74, 6) is -4.86. The summed E-state index contributed by atoms with van der Waals surface area (Å²) in [5.41, 5.74) is 0. The molecule has 0 rings (SSSR count). The standard InChI is InChI=1S/C6H9F3O2.C2HF3O2/c1-2-3-4-11-5(10)6(7,8)9;3-2(4,5)1(6)7/h2-4H2,1H3;(H,6,7). The molecule has 0 bridgehead atoms. The van der Waals surface area contributed by atoms with Gasteiger partial charge in [0.1, 0.15) is 0 Å². The van der Waals surface area contributed by atoms with E-state index in [1.54, 1.807) is 6.92 Å². The Bertz CT molecular complexity index is 270. The van der Waals surface area contributed by atoms with E-state index in [1.165, 1.54) is 0 Å². The van der Waals surface area contributed by atoms with Crippen molar-refractivity contribution < 1.29 is 45.8 Å². The van der Waals surface area contributed by atoms with Crippen molar-refractivity contribution in [1.29, 1.82) is 0 Å². The van der Waals surface area contributed by atoms with E-state index in [0.29, 0.717) is 12.8 Å². The number of unbranched alkanes of at least 4 members (excludes halogenated alkanes) is 1. The Morgan fingerprint density at radius 3 is 1.67 bits per heavy atom. The van der Waals surface area contributed by atoms with Crippen molar-refractivity contribution >= 4 is 11.9 Å². The summed E-state index contributed by atoms with van der Waals surface area (Å²) in [7, 11) is 0. The number of esters is 1. The number of ether oxygens (including phenoxy) is 1. The summed E-state index contributed by atoms with van der Waals surface area (Å²) in [6.45, 7) is 1.64. The van der Waals surface area contributed by atoms with Crippen LogP contribution in [-0.2, 0) is 14.3 Å². The van der Waals surface area contributed by atoms with E-state index in [0.717, 1.165) is 0 Å². The van der Waals surface area contributed by atoms with E-state index >= 15 is 0 Å². The number of aliphatic carboxylic acids is 1. The lowest BCUT2D eigenvalue weighted by Gasteiger charge is -2.05. The molecule has 0 spiro atoms. The smallest absolute Gasteiger partial charge is 0.475 e. The molecule has 4 nitrogen and oxygen atoms in total. The molecule has 0 saturated carbocycles. The highest BCUT2D eigenvalue weighted by molar-refractivity contribution is 5.75. The molecule has 0 fully saturated rings. The summed E-state index contributed by atoms with van der Waals surface area (Å²) in [5, 5.41) is 7.12. The van der Waals surface area contributed by atoms with E-state index in [4.69, 9.17) is 9.90 Å². The zero-order chi connectivity index (χ0) is 15.0. The first kappa shape index (κ1) is 18.9. The van der Waals surface area contributed by atoms with Gasteiger partial charge in [0.2, 0.25) is 0 Å². The van der Waals surface area contributed by atoms with Gasteiger partial charge in [0.15, 0.2) is 0 Å². The van der Waals surface area contributed by atoms with Gasteiger partial charge in [-0.25, -0.2) is 9.59 Å². The van der Waals surface area contributed by atoms with Crippen molar-refractivity contribution in [3.8, 4) is 0 Å². The number of rotatable bonds is 3. The third kappa shape index (κ3) is 11.0. The fraction of sp³-hybridized carbons (Fsp3) is 0.750. The summed E-state index contributed by atoms with van der Waals surface area (Å²) in [6.07, 6.45) is -8.78. The van der Waals surface area contributed by atoms with Crippen LogP contribution in [-0.4, -0.2) is 36.0 Å². The highest BCUT2D eigenvalue weighted by Gasteiger charge is 2.40. The Kier molecular flexibility index (Phi) is 8.15. The number of halogens is 6. The SMILES string of the molecule is CCCCOC(=O)C(F)(F)F.O=C(O)C(F)(F)F. The van der Waals surface area contributed by atoms with Crippen molar-refractivity contribution in [2.75, 3.05) is 6.61 Å². The Morgan fingerprint density at radius 2 is 1.44 bits per heavy atom. The molecular weight excluding hydrogens is 274 g/mol. The van der Waals surface area contributed by atoms with Gasteiger partial charge < -0.3 is 9.84 Å². The minimum atomic E-state index is -5.08. The maximum atomic E-state index is 11.4. The summed E-state index contributed by atoms with van der Waals surface area (Å²) in [6, 6.07) is 0. The quantitative estimate of drug-likeness (QED) is 0.491. The molecule has 0 amide bonds. The molecule has 0 aromatic carbocycles. The molecule has 108 valence electrons. The fourth-order valence-electron chi connectivity index (χ4n) is 0.391. The lowest BCUT2D eigenvalue weighted by molar-refractivity contribution is -0.199. The molecule has 0 saturated heterocycles. The van der Waals surface area contributed by atoms with Crippen molar-refractivity contribution in [1.82, 2.24) is 0 Å². The first-order valence-electron chi connectivity index (χ1n) is 4.47. The Morgan fingerprint density at radius 1 is 1.06 bits per heavy atom. The van der Waals surface area contributed by atoms with Gasteiger partial charge in [0.25, 0.3) is 0 Å². The molecule has 0 heterocycles. The van der Waals surface area contributed by atoms with E-state index in [9.17, 15) is 31.1 Å². The number of carboxylic acid groups (broad SMARTS) is 1. The molecule has 18 heavy (non-hydrogen) atoms. The second-order valence-electron chi connectivity index (χ2n) is 2.79. The molecule has 10 heteroatoms. The number of carbonyl (C=O) groups is 2. The first-order valence-corrected chi connectivity index (χ1v) is 4.47. The van der Waals surface area contributed by atoms with Crippen LogP contribution in [0.2, 0.25) is 0 Å². The van der Waals surface area contributed by atoms with Crippen LogP contribution in [0.5, 0.6) is 0 Å². The van der Waals surface area contributed by atoms with Crippen molar-refractivity contribution in [2.24, 2.45) is 0 Å². The maximum absolute atomic E-state index is 11.4. The number of alkyl halides is 6. The normalized spacial score (nSPS) is 11.3. The number of carbonyl (C=O) groups excluding carboxylic acids is 1. The van der Waals surface area contributed by atoms with Gasteiger partial charge in [0.05, 0.1) is 6.61 Å². The lowest BCUT2D eigenvalue weighted by Crippen LogP contribution is -2.25. The van der Waals surface area contributed by atoms with Gasteiger partial charge in [-0.05, 0) is 6.42 Å². The lowest BCUT2D eigenvalue weighted by atomic mass is 10.4. The van der Waals surface area contributed by atoms with Gasteiger partial charge >= 0.3 is 24.3 Å². The first-order chi connectivity index (χ1) is 7.92. The van der Waals surface area contributed by atoms with Gasteiger partial charge in [0, 0.05) is 0 Å². The van der Waals surface area contributed by atoms with Crippen molar-refractivity contribution in [2.45, 2.75) is 32.1 Å². The maximum Gasteiger partial charge on any atom is 0.490 e. The van der Waals surface area contributed by atoms with Crippen LogP contribution in [0.1, 0.15) is 19.8 Å². The highest BCUT2D eigenvalue weighted by Crippen LogP contribution is 2.16. The van der Waals surface area contributed by atoms with Crippen molar-refractivity contribution in [3.63, 3.8) is 0 Å². The highest BCUT2D eigenvalue weighted by atomic mass is 19.4. The summed E-state index contributed by atoms with van der Waals surface area (Å²) in [4.78, 5) is 18.9. The molecular formula is C8H10F6O4. The topological polar surface area (TPSA) is 63.6 Å². The second kappa shape index (κ2) is 7.77.